The number of thiocarbonyl (C=S) groups is 1. The molecule has 1 atom stereocenters. The van der Waals surface area contributed by atoms with Gasteiger partial charge in [0.05, 0.1) is 9.83 Å². The molecule has 1 fully saturated rings. The number of carboxylic acid groups (broad SMARTS) is 1. The Bertz CT molecular complexity index is 1070. The van der Waals surface area contributed by atoms with Gasteiger partial charge in [-0.05, 0) is 25.5 Å². The van der Waals surface area contributed by atoms with Gasteiger partial charge in [0.1, 0.15) is 21.9 Å². The zero-order valence-corrected chi connectivity index (χ0v) is 17.8. The second-order valence-electron chi connectivity index (χ2n) is 6.65. The lowest BCUT2D eigenvalue weighted by molar-refractivity contribution is -0.385. The summed E-state index contributed by atoms with van der Waals surface area (Å²) >= 11 is 6.24. The number of carbonyl (C=O) groups excluding carboxylic acids is 1. The van der Waals surface area contributed by atoms with Crippen LogP contribution in [0.15, 0.2) is 39.7 Å². The van der Waals surface area contributed by atoms with Crippen molar-refractivity contribution in [3.8, 4) is 11.3 Å². The largest absolute Gasteiger partial charge is 0.480 e. The minimum atomic E-state index is -1.10. The second-order valence-corrected chi connectivity index (χ2v) is 8.33. The van der Waals surface area contributed by atoms with Gasteiger partial charge in [0.25, 0.3) is 11.6 Å². The molecule has 1 aliphatic rings. The van der Waals surface area contributed by atoms with E-state index in [0.29, 0.717) is 35.5 Å². The number of rotatable bonds is 7. The number of hydrogen-bond acceptors (Lipinski definition) is 7. The standard InChI is InChI=1S/C20H18N2O6S2/c1-3-4-14(19(24)25)21-18(23)17(30-20(21)29)10-13-7-8-16(28-13)12-6-5-11(2)15(9-12)22(26)27/h5-10,14H,3-4H2,1-2H3,(H,24,25)/b17-10+. The molecule has 0 spiro atoms. The Labute approximate surface area is 181 Å². The monoisotopic (exact) mass is 446 g/mol. The number of aliphatic carboxylic acids is 1. The van der Waals surface area contributed by atoms with Crippen LogP contribution in [0.25, 0.3) is 17.4 Å². The molecule has 0 aliphatic carbocycles. The Hall–Kier alpha value is -2.98. The third-order valence-electron chi connectivity index (χ3n) is 4.57. The van der Waals surface area contributed by atoms with Crippen molar-refractivity contribution in [3.63, 3.8) is 0 Å². The van der Waals surface area contributed by atoms with E-state index in [1.54, 1.807) is 31.2 Å². The van der Waals surface area contributed by atoms with Gasteiger partial charge >= 0.3 is 5.97 Å². The van der Waals surface area contributed by atoms with Gasteiger partial charge in [0.15, 0.2) is 0 Å². The van der Waals surface area contributed by atoms with Crippen molar-refractivity contribution >= 4 is 51.9 Å². The van der Waals surface area contributed by atoms with Crippen molar-refractivity contribution < 1.29 is 24.0 Å². The highest BCUT2D eigenvalue weighted by Crippen LogP contribution is 2.36. The number of carboxylic acids is 1. The first-order valence-corrected chi connectivity index (χ1v) is 10.3. The molecule has 10 heteroatoms. The third-order valence-corrected chi connectivity index (χ3v) is 5.90. The zero-order valence-electron chi connectivity index (χ0n) is 16.2. The van der Waals surface area contributed by atoms with Gasteiger partial charge in [-0.1, -0.05) is 49.5 Å². The smallest absolute Gasteiger partial charge is 0.326 e. The lowest BCUT2D eigenvalue weighted by Crippen LogP contribution is -2.43. The van der Waals surface area contributed by atoms with Crippen LogP contribution in [0.3, 0.4) is 0 Å². The van der Waals surface area contributed by atoms with Crippen LogP contribution in [0, 0.1) is 17.0 Å². The van der Waals surface area contributed by atoms with E-state index in [9.17, 15) is 24.8 Å². The highest BCUT2D eigenvalue weighted by molar-refractivity contribution is 8.26. The van der Waals surface area contributed by atoms with E-state index in [1.165, 1.54) is 12.1 Å². The predicted octanol–water partition coefficient (Wildman–Crippen LogP) is 4.62. The number of nitrogens with zero attached hydrogens (tertiary/aromatic N) is 2. The number of amides is 1. The van der Waals surface area contributed by atoms with Crippen molar-refractivity contribution in [1.82, 2.24) is 4.90 Å². The Morgan fingerprint density at radius 2 is 2.13 bits per heavy atom. The maximum absolute atomic E-state index is 12.7. The summed E-state index contributed by atoms with van der Waals surface area (Å²) < 4.78 is 5.93. The topological polar surface area (TPSA) is 114 Å². The van der Waals surface area contributed by atoms with Crippen molar-refractivity contribution in [2.75, 3.05) is 0 Å². The molecular weight excluding hydrogens is 428 g/mol. The molecule has 1 unspecified atom stereocenters. The van der Waals surface area contributed by atoms with Crippen molar-refractivity contribution in [2.24, 2.45) is 0 Å². The molecule has 0 saturated carbocycles. The lowest BCUT2D eigenvalue weighted by atomic mass is 10.1. The molecule has 8 nitrogen and oxygen atoms in total. The fraction of sp³-hybridized carbons (Fsp3) is 0.250. The average Bonchev–Trinajstić information content (AvgIpc) is 3.25. The summed E-state index contributed by atoms with van der Waals surface area (Å²) in [5.41, 5.74) is 1.06. The molecule has 1 aliphatic heterocycles. The molecule has 0 radical (unpaired) electrons. The molecule has 1 amide bonds. The van der Waals surface area contributed by atoms with Gasteiger partial charge in [-0.15, -0.1) is 0 Å². The fourth-order valence-corrected chi connectivity index (χ4v) is 4.40. The Balaban J connectivity index is 1.87. The number of furan rings is 1. The molecule has 1 aromatic heterocycles. The molecule has 0 bridgehead atoms. The van der Waals surface area contributed by atoms with Crippen LogP contribution < -0.4 is 0 Å². The SMILES string of the molecule is CCCC(C(=O)O)N1C(=O)/C(=C\c2ccc(-c3ccc(C)c([N+](=O)[O-])c3)o2)SC1=S. The molecule has 156 valence electrons. The van der Waals surface area contributed by atoms with Gasteiger partial charge in [-0.3, -0.25) is 19.8 Å². The van der Waals surface area contributed by atoms with Crippen LogP contribution in [0.5, 0.6) is 0 Å². The number of thioether (sulfide) groups is 1. The molecule has 2 aromatic rings. The summed E-state index contributed by atoms with van der Waals surface area (Å²) in [7, 11) is 0. The number of aryl methyl sites for hydroxylation is 1. The first-order chi connectivity index (χ1) is 14.2. The highest BCUT2D eigenvalue weighted by Gasteiger charge is 2.40. The van der Waals surface area contributed by atoms with Gasteiger partial charge in [-0.25, -0.2) is 4.79 Å². The molecule has 30 heavy (non-hydrogen) atoms. The summed E-state index contributed by atoms with van der Waals surface area (Å²) in [6.45, 7) is 3.49. The maximum Gasteiger partial charge on any atom is 0.326 e. The minimum absolute atomic E-state index is 0.0121. The van der Waals surface area contributed by atoms with Gasteiger partial charge in [0.2, 0.25) is 0 Å². The van der Waals surface area contributed by atoms with Crippen molar-refractivity contribution in [3.05, 3.63) is 56.7 Å². The highest BCUT2D eigenvalue weighted by atomic mass is 32.2. The Morgan fingerprint density at radius 1 is 1.40 bits per heavy atom. The quantitative estimate of drug-likeness (QED) is 0.284. The van der Waals surface area contributed by atoms with Crippen LogP contribution in [-0.2, 0) is 9.59 Å². The van der Waals surface area contributed by atoms with E-state index in [1.807, 2.05) is 6.92 Å². The molecular formula is C20H18N2O6S2. The maximum atomic E-state index is 12.7. The third kappa shape index (κ3) is 4.29. The van der Waals surface area contributed by atoms with E-state index >= 15 is 0 Å². The van der Waals surface area contributed by atoms with E-state index in [2.05, 4.69) is 0 Å². The number of benzene rings is 1. The fourth-order valence-electron chi connectivity index (χ4n) is 3.06. The first kappa shape index (κ1) is 21.7. The van der Waals surface area contributed by atoms with Crippen LogP contribution in [-0.4, -0.2) is 37.2 Å². The van der Waals surface area contributed by atoms with E-state index in [0.717, 1.165) is 16.7 Å². The van der Waals surface area contributed by atoms with Gasteiger partial charge in [0, 0.05) is 23.3 Å². The molecule has 3 rings (SSSR count). The Morgan fingerprint density at radius 3 is 2.77 bits per heavy atom. The summed E-state index contributed by atoms with van der Waals surface area (Å²) in [6.07, 6.45) is 2.39. The average molecular weight is 447 g/mol. The predicted molar refractivity (Wildman–Crippen MR) is 117 cm³/mol. The Kier molecular flexibility index (Phi) is 6.37. The van der Waals surface area contributed by atoms with E-state index < -0.39 is 22.8 Å². The molecule has 2 heterocycles. The summed E-state index contributed by atoms with van der Waals surface area (Å²) in [4.78, 5) is 36.4. The van der Waals surface area contributed by atoms with E-state index in [4.69, 9.17) is 16.6 Å². The summed E-state index contributed by atoms with van der Waals surface area (Å²) in [6, 6.07) is 7.06. The lowest BCUT2D eigenvalue weighted by Gasteiger charge is -2.22. The number of hydrogen-bond donors (Lipinski definition) is 1. The molecule has 1 aromatic carbocycles. The number of nitro benzene ring substituents is 1. The second kappa shape index (κ2) is 8.80. The van der Waals surface area contributed by atoms with Crippen molar-refractivity contribution in [2.45, 2.75) is 32.7 Å². The minimum Gasteiger partial charge on any atom is -0.480 e. The molecule has 1 saturated heterocycles. The van der Waals surface area contributed by atoms with E-state index in [-0.39, 0.29) is 14.9 Å². The van der Waals surface area contributed by atoms with Gasteiger partial charge < -0.3 is 9.52 Å². The summed E-state index contributed by atoms with van der Waals surface area (Å²) in [5.74, 6) is -0.809. The zero-order chi connectivity index (χ0) is 22.0. The van der Waals surface area contributed by atoms with Crippen molar-refractivity contribution in [1.29, 1.82) is 0 Å². The van der Waals surface area contributed by atoms with Gasteiger partial charge in [-0.2, -0.15) is 0 Å². The number of carbonyl (C=O) groups is 2. The molecule has 1 N–H and O–H groups in total. The van der Waals surface area contributed by atoms with Crippen LogP contribution in [0.2, 0.25) is 0 Å². The van der Waals surface area contributed by atoms with Crippen LogP contribution in [0.1, 0.15) is 31.1 Å². The normalized spacial score (nSPS) is 16.3. The summed E-state index contributed by atoms with van der Waals surface area (Å²) in [5, 5.41) is 20.6. The van der Waals surface area contributed by atoms with Crippen LogP contribution >= 0.6 is 24.0 Å². The van der Waals surface area contributed by atoms with Crippen LogP contribution in [0.4, 0.5) is 5.69 Å². The first-order valence-electron chi connectivity index (χ1n) is 9.08. The number of nitro groups is 1.